The van der Waals surface area contributed by atoms with Gasteiger partial charge in [0.2, 0.25) is 0 Å². The second kappa shape index (κ2) is 4.71. The van der Waals surface area contributed by atoms with Gasteiger partial charge in [0.1, 0.15) is 5.78 Å². The molecule has 0 aliphatic heterocycles. The highest BCUT2D eigenvalue weighted by molar-refractivity contribution is 9.10. The van der Waals surface area contributed by atoms with Gasteiger partial charge in [-0.2, -0.15) is 0 Å². The summed E-state index contributed by atoms with van der Waals surface area (Å²) in [4.78, 5) is 21.9. The van der Waals surface area contributed by atoms with Gasteiger partial charge in [-0.1, -0.05) is 22.0 Å². The fourth-order valence-electron chi connectivity index (χ4n) is 1.15. The number of hydrogen-bond acceptors (Lipinski definition) is 2. The lowest BCUT2D eigenvalue weighted by atomic mass is 10.0. The van der Waals surface area contributed by atoms with E-state index in [1.807, 2.05) is 0 Å². The molecule has 0 fully saturated rings. The van der Waals surface area contributed by atoms with E-state index in [4.69, 9.17) is 11.6 Å². The number of carbonyl (C=O) groups is 2. The number of hydrogen-bond donors (Lipinski definition) is 0. The van der Waals surface area contributed by atoms with E-state index in [0.717, 1.165) is 4.47 Å². The molecule has 0 spiro atoms. The van der Waals surface area contributed by atoms with Gasteiger partial charge < -0.3 is 0 Å². The molecule has 0 N–H and O–H groups in total. The zero-order valence-electron chi connectivity index (χ0n) is 7.51. The standard InChI is InChI=1S/C10H8BrClO2/c1-6(13)4-7-2-3-8(11)5-9(7)10(12)14/h2-3,5H,4H2,1H3. The summed E-state index contributed by atoms with van der Waals surface area (Å²) in [6, 6.07) is 5.12. The van der Waals surface area contributed by atoms with Crippen LogP contribution in [0.1, 0.15) is 22.8 Å². The normalized spacial score (nSPS) is 9.93. The van der Waals surface area contributed by atoms with Crippen LogP contribution in [0.3, 0.4) is 0 Å². The van der Waals surface area contributed by atoms with E-state index >= 15 is 0 Å². The summed E-state index contributed by atoms with van der Waals surface area (Å²) in [6.07, 6.45) is 0.237. The molecule has 0 atom stereocenters. The number of Topliss-reactive ketones (excluding diaryl/α,β-unsaturated/α-hetero) is 1. The summed E-state index contributed by atoms with van der Waals surface area (Å²) in [5, 5.41) is -0.539. The lowest BCUT2D eigenvalue weighted by Gasteiger charge is -2.04. The van der Waals surface area contributed by atoms with Crippen molar-refractivity contribution in [3.63, 3.8) is 0 Å². The Morgan fingerprint density at radius 1 is 1.43 bits per heavy atom. The molecule has 0 aliphatic carbocycles. The topological polar surface area (TPSA) is 34.1 Å². The van der Waals surface area contributed by atoms with Crippen LogP contribution in [-0.2, 0) is 11.2 Å². The average Bonchev–Trinajstić information content (AvgIpc) is 2.07. The van der Waals surface area contributed by atoms with Crippen LogP contribution in [0.25, 0.3) is 0 Å². The van der Waals surface area contributed by atoms with E-state index in [-0.39, 0.29) is 12.2 Å². The first-order valence-corrected chi connectivity index (χ1v) is 5.15. The quantitative estimate of drug-likeness (QED) is 0.795. The molecule has 4 heteroatoms. The Labute approximate surface area is 95.4 Å². The summed E-state index contributed by atoms with van der Waals surface area (Å²) in [5.41, 5.74) is 1.05. The van der Waals surface area contributed by atoms with Crippen molar-refractivity contribution >= 4 is 38.6 Å². The second-order valence-electron chi connectivity index (χ2n) is 2.95. The summed E-state index contributed by atoms with van der Waals surface area (Å²) >= 11 is 8.63. The number of benzene rings is 1. The zero-order valence-corrected chi connectivity index (χ0v) is 9.85. The Morgan fingerprint density at radius 3 is 2.57 bits per heavy atom. The van der Waals surface area contributed by atoms with Crippen molar-refractivity contribution in [2.75, 3.05) is 0 Å². The fourth-order valence-corrected chi connectivity index (χ4v) is 1.69. The predicted octanol–water partition coefficient (Wildman–Crippen LogP) is 2.96. The number of rotatable bonds is 3. The zero-order chi connectivity index (χ0) is 10.7. The van der Waals surface area contributed by atoms with Gasteiger partial charge in [-0.25, -0.2) is 0 Å². The highest BCUT2D eigenvalue weighted by atomic mass is 79.9. The fraction of sp³-hybridized carbons (Fsp3) is 0.200. The maximum Gasteiger partial charge on any atom is 0.252 e. The van der Waals surface area contributed by atoms with E-state index in [0.29, 0.717) is 11.1 Å². The van der Waals surface area contributed by atoms with Gasteiger partial charge >= 0.3 is 0 Å². The summed E-state index contributed by atoms with van der Waals surface area (Å²) in [6.45, 7) is 1.48. The van der Waals surface area contributed by atoms with E-state index in [1.165, 1.54) is 6.92 Å². The maximum absolute atomic E-state index is 11.0. The van der Waals surface area contributed by atoms with Gasteiger partial charge in [-0.15, -0.1) is 0 Å². The molecule has 2 nitrogen and oxygen atoms in total. The minimum atomic E-state index is -0.539. The maximum atomic E-state index is 11.0. The van der Waals surface area contributed by atoms with Crippen LogP contribution in [0.4, 0.5) is 0 Å². The van der Waals surface area contributed by atoms with Crippen molar-refractivity contribution in [2.24, 2.45) is 0 Å². The molecule has 0 amide bonds. The van der Waals surface area contributed by atoms with Gasteiger partial charge in [-0.3, -0.25) is 9.59 Å². The largest absolute Gasteiger partial charge is 0.300 e. The smallest absolute Gasteiger partial charge is 0.252 e. The Morgan fingerprint density at radius 2 is 2.07 bits per heavy atom. The van der Waals surface area contributed by atoms with Crippen molar-refractivity contribution in [1.82, 2.24) is 0 Å². The van der Waals surface area contributed by atoms with Crippen molar-refractivity contribution in [3.05, 3.63) is 33.8 Å². The van der Waals surface area contributed by atoms with Crippen LogP contribution in [-0.4, -0.2) is 11.0 Å². The van der Waals surface area contributed by atoms with E-state index < -0.39 is 5.24 Å². The van der Waals surface area contributed by atoms with E-state index in [9.17, 15) is 9.59 Å². The Balaban J connectivity index is 3.14. The van der Waals surface area contributed by atoms with Crippen LogP contribution in [0.15, 0.2) is 22.7 Å². The molecule has 1 rings (SSSR count). The molecule has 1 aromatic rings. The molecular formula is C10H8BrClO2. The van der Waals surface area contributed by atoms with E-state index in [2.05, 4.69) is 15.9 Å². The highest BCUT2D eigenvalue weighted by Gasteiger charge is 2.10. The van der Waals surface area contributed by atoms with Crippen LogP contribution >= 0.6 is 27.5 Å². The van der Waals surface area contributed by atoms with Crippen LogP contribution in [0.2, 0.25) is 0 Å². The van der Waals surface area contributed by atoms with Crippen LogP contribution in [0.5, 0.6) is 0 Å². The molecule has 0 aliphatic rings. The van der Waals surface area contributed by atoms with Gasteiger partial charge in [-0.05, 0) is 36.2 Å². The van der Waals surface area contributed by atoms with Gasteiger partial charge in [0.15, 0.2) is 0 Å². The third-order valence-corrected chi connectivity index (χ3v) is 2.42. The third-order valence-electron chi connectivity index (χ3n) is 1.72. The summed E-state index contributed by atoms with van der Waals surface area (Å²) in [5.74, 6) is 0.00601. The minimum absolute atomic E-state index is 0.00601. The summed E-state index contributed by atoms with van der Waals surface area (Å²) in [7, 11) is 0. The first-order valence-electron chi connectivity index (χ1n) is 3.98. The third kappa shape index (κ3) is 2.93. The molecule has 0 heterocycles. The number of halogens is 2. The predicted molar refractivity (Wildman–Crippen MR) is 58.7 cm³/mol. The van der Waals surface area contributed by atoms with Crippen molar-refractivity contribution < 1.29 is 9.59 Å². The average molecular weight is 276 g/mol. The molecule has 0 saturated carbocycles. The van der Waals surface area contributed by atoms with Gasteiger partial charge in [0, 0.05) is 16.5 Å². The summed E-state index contributed by atoms with van der Waals surface area (Å²) < 4.78 is 0.772. The molecule has 74 valence electrons. The highest BCUT2D eigenvalue weighted by Crippen LogP contribution is 2.19. The van der Waals surface area contributed by atoms with Crippen molar-refractivity contribution in [2.45, 2.75) is 13.3 Å². The molecule has 0 radical (unpaired) electrons. The second-order valence-corrected chi connectivity index (χ2v) is 4.21. The lowest BCUT2D eigenvalue weighted by molar-refractivity contribution is -0.116. The Bertz CT molecular complexity index is 388. The van der Waals surface area contributed by atoms with Crippen LogP contribution < -0.4 is 0 Å². The molecule has 1 aromatic carbocycles. The Hall–Kier alpha value is -0.670. The lowest BCUT2D eigenvalue weighted by Crippen LogP contribution is -2.03. The Kier molecular flexibility index (Phi) is 3.84. The van der Waals surface area contributed by atoms with E-state index in [1.54, 1.807) is 18.2 Å². The molecule has 14 heavy (non-hydrogen) atoms. The van der Waals surface area contributed by atoms with Crippen molar-refractivity contribution in [3.8, 4) is 0 Å². The SMILES string of the molecule is CC(=O)Cc1ccc(Br)cc1C(=O)Cl. The molecular weight excluding hydrogens is 267 g/mol. The monoisotopic (exact) mass is 274 g/mol. The number of carbonyl (C=O) groups excluding carboxylic acids is 2. The minimum Gasteiger partial charge on any atom is -0.300 e. The van der Waals surface area contributed by atoms with Gasteiger partial charge in [0.05, 0.1) is 0 Å². The molecule has 0 unspecified atom stereocenters. The molecule has 0 saturated heterocycles. The molecule has 0 bridgehead atoms. The first kappa shape index (κ1) is 11.4. The first-order chi connectivity index (χ1) is 6.50. The molecule has 0 aromatic heterocycles. The van der Waals surface area contributed by atoms with Crippen molar-refractivity contribution in [1.29, 1.82) is 0 Å². The number of ketones is 1. The van der Waals surface area contributed by atoms with Crippen LogP contribution in [0, 0.1) is 0 Å². The van der Waals surface area contributed by atoms with Gasteiger partial charge in [0.25, 0.3) is 5.24 Å².